The molecule has 0 atom stereocenters. The van der Waals surface area contributed by atoms with E-state index >= 15 is 0 Å². The highest BCUT2D eigenvalue weighted by molar-refractivity contribution is 5.45. The molecule has 0 fully saturated rings. The average molecular weight is 270 g/mol. The standard InChI is InChI=1S/C12H13F3N4/c1-8-11(7-19(2)18-8)17-6-10-4-3-9(5-16-10)12(13,14)15/h3-5,7,17H,6H2,1-2H3. The van der Waals surface area contributed by atoms with Gasteiger partial charge in [0.2, 0.25) is 0 Å². The van der Waals surface area contributed by atoms with Crippen LogP contribution in [0.25, 0.3) is 0 Å². The first-order valence-corrected chi connectivity index (χ1v) is 5.62. The average Bonchev–Trinajstić information content (AvgIpc) is 2.65. The van der Waals surface area contributed by atoms with Crippen LogP contribution in [0.15, 0.2) is 24.5 Å². The van der Waals surface area contributed by atoms with Gasteiger partial charge in [-0.3, -0.25) is 9.67 Å². The maximum absolute atomic E-state index is 12.4. The molecule has 2 heterocycles. The van der Waals surface area contributed by atoms with Crippen molar-refractivity contribution in [2.45, 2.75) is 19.6 Å². The molecule has 0 spiro atoms. The van der Waals surface area contributed by atoms with E-state index in [9.17, 15) is 13.2 Å². The largest absolute Gasteiger partial charge is 0.417 e. The van der Waals surface area contributed by atoms with Gasteiger partial charge in [-0.15, -0.1) is 0 Å². The number of hydrogen-bond acceptors (Lipinski definition) is 3. The van der Waals surface area contributed by atoms with Crippen LogP contribution in [0, 0.1) is 6.92 Å². The molecule has 0 amide bonds. The van der Waals surface area contributed by atoms with Crippen LogP contribution in [0.5, 0.6) is 0 Å². The van der Waals surface area contributed by atoms with Crippen LogP contribution in [0.4, 0.5) is 18.9 Å². The van der Waals surface area contributed by atoms with Gasteiger partial charge in [-0.25, -0.2) is 0 Å². The van der Waals surface area contributed by atoms with Crippen molar-refractivity contribution >= 4 is 5.69 Å². The molecule has 0 unspecified atom stereocenters. The molecule has 2 rings (SSSR count). The first kappa shape index (κ1) is 13.4. The number of nitrogens with zero attached hydrogens (tertiary/aromatic N) is 3. The molecule has 19 heavy (non-hydrogen) atoms. The highest BCUT2D eigenvalue weighted by atomic mass is 19.4. The van der Waals surface area contributed by atoms with Gasteiger partial charge in [-0.1, -0.05) is 0 Å². The van der Waals surface area contributed by atoms with E-state index in [0.717, 1.165) is 23.6 Å². The third-order valence-corrected chi connectivity index (χ3v) is 2.63. The number of aromatic nitrogens is 3. The van der Waals surface area contributed by atoms with Crippen molar-refractivity contribution in [3.05, 3.63) is 41.5 Å². The van der Waals surface area contributed by atoms with Crippen molar-refractivity contribution < 1.29 is 13.2 Å². The molecule has 0 aliphatic heterocycles. The SMILES string of the molecule is Cc1nn(C)cc1NCc1ccc(C(F)(F)F)cn1. The summed E-state index contributed by atoms with van der Waals surface area (Å²) in [4.78, 5) is 3.79. The number of aryl methyl sites for hydroxylation is 2. The lowest BCUT2D eigenvalue weighted by Gasteiger charge is -2.07. The van der Waals surface area contributed by atoms with Gasteiger partial charge in [0, 0.05) is 19.4 Å². The summed E-state index contributed by atoms with van der Waals surface area (Å²) in [5.41, 5.74) is 1.46. The first-order chi connectivity index (χ1) is 8.86. The van der Waals surface area contributed by atoms with Gasteiger partial charge in [0.25, 0.3) is 0 Å². The minimum absolute atomic E-state index is 0.352. The highest BCUT2D eigenvalue weighted by Gasteiger charge is 2.30. The molecule has 2 aromatic rings. The fourth-order valence-corrected chi connectivity index (χ4v) is 1.66. The quantitative estimate of drug-likeness (QED) is 0.932. The molecule has 0 saturated carbocycles. The summed E-state index contributed by atoms with van der Waals surface area (Å²) in [6.45, 7) is 2.20. The Hall–Kier alpha value is -2.05. The fourth-order valence-electron chi connectivity index (χ4n) is 1.66. The summed E-state index contributed by atoms with van der Waals surface area (Å²) in [7, 11) is 1.80. The van der Waals surface area contributed by atoms with Crippen LogP contribution in [-0.4, -0.2) is 14.8 Å². The van der Waals surface area contributed by atoms with Crippen molar-refractivity contribution in [1.82, 2.24) is 14.8 Å². The normalized spacial score (nSPS) is 11.6. The van der Waals surface area contributed by atoms with Gasteiger partial charge >= 0.3 is 6.18 Å². The Balaban J connectivity index is 2.02. The predicted molar refractivity (Wildman–Crippen MR) is 64.5 cm³/mol. The summed E-state index contributed by atoms with van der Waals surface area (Å²) in [5, 5.41) is 7.24. The lowest BCUT2D eigenvalue weighted by molar-refractivity contribution is -0.137. The van der Waals surface area contributed by atoms with E-state index in [1.54, 1.807) is 17.9 Å². The number of pyridine rings is 1. The van der Waals surface area contributed by atoms with E-state index in [-0.39, 0.29) is 0 Å². The molecule has 4 nitrogen and oxygen atoms in total. The van der Waals surface area contributed by atoms with Crippen molar-refractivity contribution in [2.24, 2.45) is 7.05 Å². The van der Waals surface area contributed by atoms with Crippen molar-refractivity contribution in [3.8, 4) is 0 Å². The zero-order chi connectivity index (χ0) is 14.0. The number of alkyl halides is 3. The van der Waals surface area contributed by atoms with Crippen molar-refractivity contribution in [3.63, 3.8) is 0 Å². The predicted octanol–water partition coefficient (Wildman–Crippen LogP) is 2.75. The molecule has 1 N–H and O–H groups in total. The second-order valence-electron chi connectivity index (χ2n) is 4.19. The summed E-state index contributed by atoms with van der Waals surface area (Å²) in [6.07, 6.45) is -1.70. The molecular weight excluding hydrogens is 257 g/mol. The van der Waals surface area contributed by atoms with Crippen molar-refractivity contribution in [2.75, 3.05) is 5.32 Å². The van der Waals surface area contributed by atoms with Gasteiger partial charge < -0.3 is 5.32 Å². The molecular formula is C12H13F3N4. The van der Waals surface area contributed by atoms with Crippen LogP contribution in [-0.2, 0) is 19.8 Å². The Morgan fingerprint density at radius 2 is 2.05 bits per heavy atom. The van der Waals surface area contributed by atoms with Crippen LogP contribution in [0.2, 0.25) is 0 Å². The molecule has 0 radical (unpaired) electrons. The van der Waals surface area contributed by atoms with Gasteiger partial charge in [0.1, 0.15) is 0 Å². The second kappa shape index (κ2) is 4.91. The molecule has 0 aliphatic rings. The second-order valence-corrected chi connectivity index (χ2v) is 4.19. The summed E-state index contributed by atoms with van der Waals surface area (Å²) in [6, 6.07) is 2.39. The van der Waals surface area contributed by atoms with Gasteiger partial charge in [-0.2, -0.15) is 18.3 Å². The van der Waals surface area contributed by atoms with E-state index in [1.165, 1.54) is 6.07 Å². The van der Waals surface area contributed by atoms with Gasteiger partial charge in [0.15, 0.2) is 0 Å². The lowest BCUT2D eigenvalue weighted by atomic mass is 10.2. The Morgan fingerprint density at radius 1 is 1.32 bits per heavy atom. The summed E-state index contributed by atoms with van der Waals surface area (Å²) >= 11 is 0. The maximum atomic E-state index is 12.4. The topological polar surface area (TPSA) is 42.7 Å². The highest BCUT2D eigenvalue weighted by Crippen LogP contribution is 2.28. The van der Waals surface area contributed by atoms with E-state index in [4.69, 9.17) is 0 Å². The number of rotatable bonds is 3. The molecule has 0 aliphatic carbocycles. The Bertz CT molecular complexity index is 557. The van der Waals surface area contributed by atoms with Crippen molar-refractivity contribution in [1.29, 1.82) is 0 Å². The molecule has 0 bridgehead atoms. The number of hydrogen-bond donors (Lipinski definition) is 1. The van der Waals surface area contributed by atoms with E-state index < -0.39 is 11.7 Å². The molecule has 102 valence electrons. The van der Waals surface area contributed by atoms with Crippen LogP contribution < -0.4 is 5.32 Å². The Kier molecular flexibility index (Phi) is 3.46. The third-order valence-electron chi connectivity index (χ3n) is 2.63. The van der Waals surface area contributed by atoms with Gasteiger partial charge in [-0.05, 0) is 19.1 Å². The third kappa shape index (κ3) is 3.24. The van der Waals surface area contributed by atoms with Crippen LogP contribution in [0.3, 0.4) is 0 Å². The number of anilines is 1. The summed E-state index contributed by atoms with van der Waals surface area (Å²) < 4.78 is 38.7. The maximum Gasteiger partial charge on any atom is 0.417 e. The van der Waals surface area contributed by atoms with Gasteiger partial charge in [0.05, 0.1) is 29.2 Å². The van der Waals surface area contributed by atoms with E-state index in [0.29, 0.717) is 12.2 Å². The van der Waals surface area contributed by atoms with E-state index in [2.05, 4.69) is 15.4 Å². The minimum Gasteiger partial charge on any atom is -0.377 e. The summed E-state index contributed by atoms with van der Waals surface area (Å²) in [5.74, 6) is 0. The Labute approximate surface area is 108 Å². The lowest BCUT2D eigenvalue weighted by Crippen LogP contribution is -2.07. The molecule has 0 saturated heterocycles. The van der Waals surface area contributed by atoms with Crippen LogP contribution >= 0.6 is 0 Å². The fraction of sp³-hybridized carbons (Fsp3) is 0.333. The van der Waals surface area contributed by atoms with Crippen LogP contribution in [0.1, 0.15) is 17.0 Å². The smallest absolute Gasteiger partial charge is 0.377 e. The Morgan fingerprint density at radius 3 is 2.53 bits per heavy atom. The zero-order valence-corrected chi connectivity index (χ0v) is 10.5. The molecule has 0 aromatic carbocycles. The minimum atomic E-state index is -4.35. The first-order valence-electron chi connectivity index (χ1n) is 5.62. The number of nitrogens with one attached hydrogen (secondary N) is 1. The zero-order valence-electron chi connectivity index (χ0n) is 10.5. The molecule has 2 aromatic heterocycles. The monoisotopic (exact) mass is 270 g/mol. The number of halogens is 3. The van der Waals surface area contributed by atoms with E-state index in [1.807, 2.05) is 6.92 Å². The molecule has 7 heteroatoms.